The fraction of sp³-hybridized carbons (Fsp3) is 0.696. The zero-order chi connectivity index (χ0) is 21.6. The van der Waals surface area contributed by atoms with Crippen LogP contribution in [0.1, 0.15) is 56.3 Å². The molecule has 0 aliphatic carbocycles. The van der Waals surface area contributed by atoms with Crippen LogP contribution in [0.2, 0.25) is 0 Å². The molecule has 4 heterocycles. The van der Waals surface area contributed by atoms with E-state index in [-0.39, 0.29) is 11.8 Å². The minimum atomic E-state index is 0.0364. The van der Waals surface area contributed by atoms with Crippen molar-refractivity contribution < 1.29 is 4.79 Å². The van der Waals surface area contributed by atoms with Gasteiger partial charge in [-0.2, -0.15) is 0 Å². The predicted octanol–water partition coefficient (Wildman–Crippen LogP) is 3.54. The number of rotatable bonds is 7. The van der Waals surface area contributed by atoms with Gasteiger partial charge in [0.15, 0.2) is 0 Å². The number of aromatic nitrogens is 3. The van der Waals surface area contributed by atoms with Crippen LogP contribution in [0.5, 0.6) is 0 Å². The Bertz CT molecular complexity index is 835. The van der Waals surface area contributed by atoms with Crippen LogP contribution >= 0.6 is 11.3 Å². The largest absolute Gasteiger partial charge is 0.356 e. The quantitative estimate of drug-likeness (QED) is 0.662. The fourth-order valence-electron chi connectivity index (χ4n) is 4.78. The highest BCUT2D eigenvalue weighted by Crippen LogP contribution is 2.29. The maximum Gasteiger partial charge on any atom is 0.224 e. The number of nitrogens with one attached hydrogen (secondary N) is 1. The Kier molecular flexibility index (Phi) is 7.61. The molecule has 2 aromatic heterocycles. The molecule has 2 aromatic rings. The van der Waals surface area contributed by atoms with Crippen molar-refractivity contribution in [2.24, 2.45) is 5.92 Å². The standard InChI is InChI=1S/C23H36N6OS/c1-18-10-11-19(2)29(18)23-26-25-22(31-23)28-16-7-9-20(17-28)21(30)24-12-8-15-27-13-5-3-4-6-14-27/h10-11,20H,3-9,12-17H2,1-2H3,(H,24,30). The highest BCUT2D eigenvalue weighted by atomic mass is 32.1. The first-order valence-electron chi connectivity index (χ1n) is 11.9. The van der Waals surface area contributed by atoms with Gasteiger partial charge in [-0.05, 0) is 77.7 Å². The lowest BCUT2D eigenvalue weighted by molar-refractivity contribution is -0.125. The number of carbonyl (C=O) groups is 1. The Labute approximate surface area is 189 Å². The SMILES string of the molecule is Cc1ccc(C)n1-c1nnc(N2CCCC(C(=O)NCCCN3CCCCCC3)C2)s1. The van der Waals surface area contributed by atoms with Crippen LogP contribution in [0.4, 0.5) is 5.13 Å². The average Bonchev–Trinajstić information content (AvgIpc) is 3.29. The second-order valence-corrected chi connectivity index (χ2v) is 9.94. The van der Waals surface area contributed by atoms with Crippen LogP contribution in [0.15, 0.2) is 12.1 Å². The molecule has 2 saturated heterocycles. The number of carbonyl (C=O) groups excluding carboxylic acids is 1. The molecule has 0 saturated carbocycles. The number of likely N-dealkylation sites (tertiary alicyclic amines) is 1. The molecule has 0 spiro atoms. The normalized spacial score (nSPS) is 20.6. The minimum absolute atomic E-state index is 0.0364. The van der Waals surface area contributed by atoms with Gasteiger partial charge in [-0.1, -0.05) is 24.2 Å². The molecule has 31 heavy (non-hydrogen) atoms. The summed E-state index contributed by atoms with van der Waals surface area (Å²) >= 11 is 1.61. The maximum atomic E-state index is 12.8. The van der Waals surface area contributed by atoms with Gasteiger partial charge in [-0.3, -0.25) is 9.36 Å². The second-order valence-electron chi connectivity index (χ2n) is 9.00. The number of hydrogen-bond acceptors (Lipinski definition) is 6. The van der Waals surface area contributed by atoms with Crippen molar-refractivity contribution in [1.82, 2.24) is 25.0 Å². The average molecular weight is 445 g/mol. The molecule has 170 valence electrons. The van der Waals surface area contributed by atoms with Gasteiger partial charge >= 0.3 is 0 Å². The molecular formula is C23H36N6OS. The molecule has 1 unspecified atom stereocenters. The van der Waals surface area contributed by atoms with E-state index in [0.29, 0.717) is 0 Å². The minimum Gasteiger partial charge on any atom is -0.356 e. The van der Waals surface area contributed by atoms with Crippen molar-refractivity contribution >= 4 is 22.4 Å². The van der Waals surface area contributed by atoms with Gasteiger partial charge in [0.25, 0.3) is 0 Å². The number of hydrogen-bond donors (Lipinski definition) is 1. The molecule has 2 fully saturated rings. The third-order valence-corrected chi connectivity index (χ3v) is 7.55. The molecule has 0 radical (unpaired) electrons. The lowest BCUT2D eigenvalue weighted by Crippen LogP contribution is -2.43. The van der Waals surface area contributed by atoms with Crippen molar-refractivity contribution in [2.45, 2.75) is 58.8 Å². The Hall–Kier alpha value is -1.93. The Morgan fingerprint density at radius 3 is 2.48 bits per heavy atom. The van der Waals surface area contributed by atoms with Gasteiger partial charge in [-0.15, -0.1) is 10.2 Å². The summed E-state index contributed by atoms with van der Waals surface area (Å²) < 4.78 is 2.14. The number of aryl methyl sites for hydroxylation is 2. The molecule has 8 heteroatoms. The Balaban J connectivity index is 1.26. The van der Waals surface area contributed by atoms with E-state index in [2.05, 4.69) is 55.9 Å². The van der Waals surface area contributed by atoms with Crippen LogP contribution in [-0.2, 0) is 4.79 Å². The molecule has 0 bridgehead atoms. The maximum absolute atomic E-state index is 12.8. The summed E-state index contributed by atoms with van der Waals surface area (Å²) in [5, 5.41) is 13.9. The van der Waals surface area contributed by atoms with Crippen LogP contribution < -0.4 is 10.2 Å². The van der Waals surface area contributed by atoms with Crippen LogP contribution in [0.3, 0.4) is 0 Å². The molecule has 2 aliphatic rings. The van der Waals surface area contributed by atoms with Gasteiger partial charge < -0.3 is 15.1 Å². The molecule has 0 aromatic carbocycles. The molecule has 7 nitrogen and oxygen atoms in total. The smallest absolute Gasteiger partial charge is 0.224 e. The molecule has 1 atom stereocenters. The summed E-state index contributed by atoms with van der Waals surface area (Å²) in [5.41, 5.74) is 2.33. The van der Waals surface area contributed by atoms with Gasteiger partial charge in [0.2, 0.25) is 16.2 Å². The zero-order valence-corrected chi connectivity index (χ0v) is 19.8. The molecule has 1 amide bonds. The zero-order valence-electron chi connectivity index (χ0n) is 19.0. The van der Waals surface area contributed by atoms with E-state index in [4.69, 9.17) is 0 Å². The lowest BCUT2D eigenvalue weighted by atomic mass is 9.97. The topological polar surface area (TPSA) is 66.3 Å². The summed E-state index contributed by atoms with van der Waals surface area (Å²) in [7, 11) is 0. The summed E-state index contributed by atoms with van der Waals surface area (Å²) in [6.45, 7) is 10.2. The van der Waals surface area contributed by atoms with Crippen LogP contribution in [0.25, 0.3) is 5.13 Å². The number of piperidine rings is 1. The van der Waals surface area contributed by atoms with E-state index in [1.54, 1.807) is 11.3 Å². The number of anilines is 1. The molecule has 4 rings (SSSR count). The van der Waals surface area contributed by atoms with Gasteiger partial charge in [-0.25, -0.2) is 0 Å². The number of nitrogens with zero attached hydrogens (tertiary/aromatic N) is 5. The third kappa shape index (κ3) is 5.66. The summed E-state index contributed by atoms with van der Waals surface area (Å²) in [6.07, 6.45) is 8.39. The Morgan fingerprint density at radius 2 is 1.74 bits per heavy atom. The van der Waals surface area contributed by atoms with Crippen LogP contribution in [0, 0.1) is 19.8 Å². The van der Waals surface area contributed by atoms with Crippen LogP contribution in [-0.4, -0.2) is 64.8 Å². The molecular weight excluding hydrogens is 408 g/mol. The van der Waals surface area contributed by atoms with E-state index in [1.807, 2.05) is 0 Å². The molecule has 2 aliphatic heterocycles. The third-order valence-electron chi connectivity index (χ3n) is 6.58. The van der Waals surface area contributed by atoms with E-state index in [0.717, 1.165) is 67.1 Å². The van der Waals surface area contributed by atoms with E-state index in [1.165, 1.54) is 38.8 Å². The van der Waals surface area contributed by atoms with Crippen molar-refractivity contribution in [2.75, 3.05) is 44.2 Å². The number of amides is 1. The van der Waals surface area contributed by atoms with Crippen molar-refractivity contribution in [3.8, 4) is 5.13 Å². The fourth-order valence-corrected chi connectivity index (χ4v) is 5.78. The van der Waals surface area contributed by atoms with Crippen molar-refractivity contribution in [3.05, 3.63) is 23.5 Å². The van der Waals surface area contributed by atoms with E-state index < -0.39 is 0 Å². The molecule has 1 N–H and O–H groups in total. The summed E-state index contributed by atoms with van der Waals surface area (Å²) in [6, 6.07) is 4.20. The summed E-state index contributed by atoms with van der Waals surface area (Å²) in [4.78, 5) is 17.6. The van der Waals surface area contributed by atoms with Gasteiger partial charge in [0.1, 0.15) is 0 Å². The monoisotopic (exact) mass is 444 g/mol. The van der Waals surface area contributed by atoms with E-state index in [9.17, 15) is 4.79 Å². The highest BCUT2D eigenvalue weighted by molar-refractivity contribution is 7.17. The van der Waals surface area contributed by atoms with E-state index >= 15 is 0 Å². The summed E-state index contributed by atoms with van der Waals surface area (Å²) in [5.74, 6) is 0.233. The van der Waals surface area contributed by atoms with Crippen molar-refractivity contribution in [3.63, 3.8) is 0 Å². The first-order chi connectivity index (χ1) is 15.1. The van der Waals surface area contributed by atoms with Crippen molar-refractivity contribution in [1.29, 1.82) is 0 Å². The predicted molar refractivity (Wildman–Crippen MR) is 126 cm³/mol. The van der Waals surface area contributed by atoms with Gasteiger partial charge in [0.05, 0.1) is 5.92 Å². The second kappa shape index (κ2) is 10.6. The van der Waals surface area contributed by atoms with Gasteiger partial charge in [0, 0.05) is 31.0 Å². The first-order valence-corrected chi connectivity index (χ1v) is 12.7. The Morgan fingerprint density at radius 1 is 1.03 bits per heavy atom. The lowest BCUT2D eigenvalue weighted by Gasteiger charge is -2.31. The highest BCUT2D eigenvalue weighted by Gasteiger charge is 2.27. The first kappa shape index (κ1) is 22.3.